The second-order valence-corrected chi connectivity index (χ2v) is 9.43. The fourth-order valence-electron chi connectivity index (χ4n) is 5.22. The van der Waals surface area contributed by atoms with Gasteiger partial charge in [-0.2, -0.15) is 5.26 Å². The Hall–Kier alpha value is -3.21. The number of likely N-dealkylation sites (tertiary alicyclic amines) is 2. The Labute approximate surface area is 195 Å². The van der Waals surface area contributed by atoms with Crippen LogP contribution < -0.4 is 10.9 Å². The molecule has 3 aliphatic heterocycles. The first-order valence-corrected chi connectivity index (χ1v) is 11.7. The minimum absolute atomic E-state index is 0.157. The molecule has 2 aromatic rings. The van der Waals surface area contributed by atoms with Gasteiger partial charge in [0.15, 0.2) is 0 Å². The SMILES string of the molecule is CN1CC(C(=O)N2CCC(N(N)c3cc(-c4cccc(C#N)c4)cc4c3C=NCC4)CC2)C1. The molecule has 3 heterocycles. The molecule has 0 spiro atoms. The summed E-state index contributed by atoms with van der Waals surface area (Å²) in [5.41, 5.74) is 6.01. The third-order valence-electron chi connectivity index (χ3n) is 7.16. The highest BCUT2D eigenvalue weighted by Crippen LogP contribution is 2.34. The Morgan fingerprint density at radius 2 is 1.97 bits per heavy atom. The average molecular weight is 443 g/mol. The molecular formula is C26H30N6O. The van der Waals surface area contributed by atoms with E-state index in [4.69, 9.17) is 5.84 Å². The Morgan fingerprint density at radius 3 is 2.70 bits per heavy atom. The van der Waals surface area contributed by atoms with Crippen molar-refractivity contribution in [2.24, 2.45) is 16.8 Å². The van der Waals surface area contributed by atoms with Crippen LogP contribution in [0.4, 0.5) is 5.69 Å². The van der Waals surface area contributed by atoms with Gasteiger partial charge in [-0.25, -0.2) is 5.84 Å². The van der Waals surface area contributed by atoms with Crippen LogP contribution in [0.3, 0.4) is 0 Å². The summed E-state index contributed by atoms with van der Waals surface area (Å²) in [5, 5.41) is 11.2. The zero-order valence-electron chi connectivity index (χ0n) is 19.1. The Balaban J connectivity index is 1.37. The van der Waals surface area contributed by atoms with Crippen molar-refractivity contribution in [3.63, 3.8) is 0 Å². The summed E-state index contributed by atoms with van der Waals surface area (Å²) in [5.74, 6) is 7.19. The molecule has 0 radical (unpaired) electrons. The number of nitriles is 1. The van der Waals surface area contributed by atoms with Crippen LogP contribution in [0.25, 0.3) is 11.1 Å². The first-order chi connectivity index (χ1) is 16.0. The minimum atomic E-state index is 0.157. The lowest BCUT2D eigenvalue weighted by molar-refractivity contribution is -0.141. The molecular weight excluding hydrogens is 412 g/mol. The van der Waals surface area contributed by atoms with Crippen molar-refractivity contribution in [1.82, 2.24) is 9.80 Å². The number of nitrogens with zero attached hydrogens (tertiary/aromatic N) is 5. The van der Waals surface area contributed by atoms with Crippen molar-refractivity contribution in [2.45, 2.75) is 25.3 Å². The van der Waals surface area contributed by atoms with Gasteiger partial charge in [0.25, 0.3) is 0 Å². The van der Waals surface area contributed by atoms with Gasteiger partial charge in [0.05, 0.1) is 23.2 Å². The van der Waals surface area contributed by atoms with Crippen LogP contribution in [0.5, 0.6) is 0 Å². The number of rotatable bonds is 4. The molecule has 1 amide bonds. The van der Waals surface area contributed by atoms with Crippen molar-refractivity contribution < 1.29 is 4.79 Å². The number of benzene rings is 2. The number of carbonyl (C=O) groups is 1. The lowest BCUT2D eigenvalue weighted by Crippen LogP contribution is -2.56. The number of piperidine rings is 1. The molecule has 170 valence electrons. The molecule has 0 aliphatic carbocycles. The fourth-order valence-corrected chi connectivity index (χ4v) is 5.22. The van der Waals surface area contributed by atoms with E-state index < -0.39 is 0 Å². The monoisotopic (exact) mass is 442 g/mol. The van der Waals surface area contributed by atoms with Crippen molar-refractivity contribution >= 4 is 17.8 Å². The lowest BCUT2D eigenvalue weighted by atomic mass is 9.92. The molecule has 7 heteroatoms. The maximum atomic E-state index is 12.7. The van der Waals surface area contributed by atoms with Crippen LogP contribution in [0.1, 0.15) is 29.5 Å². The number of anilines is 1. The maximum Gasteiger partial charge on any atom is 0.228 e. The Kier molecular flexibility index (Phi) is 5.88. The number of fused-ring (bicyclic) bond motifs is 1. The van der Waals surface area contributed by atoms with Crippen molar-refractivity contribution in [1.29, 1.82) is 5.26 Å². The van der Waals surface area contributed by atoms with Gasteiger partial charge >= 0.3 is 0 Å². The predicted octanol–water partition coefficient (Wildman–Crippen LogP) is 2.43. The molecule has 0 atom stereocenters. The Bertz CT molecular complexity index is 1120. The molecule has 2 N–H and O–H groups in total. The third-order valence-corrected chi connectivity index (χ3v) is 7.16. The number of nitrogens with two attached hydrogens (primary N) is 1. The summed E-state index contributed by atoms with van der Waals surface area (Å²) in [7, 11) is 2.05. The first-order valence-electron chi connectivity index (χ1n) is 11.7. The summed E-state index contributed by atoms with van der Waals surface area (Å²) < 4.78 is 0. The van der Waals surface area contributed by atoms with E-state index in [1.54, 1.807) is 0 Å². The molecule has 5 rings (SSSR count). The molecule has 33 heavy (non-hydrogen) atoms. The number of hydrazine groups is 1. The molecule has 2 saturated heterocycles. The number of amides is 1. The predicted molar refractivity (Wildman–Crippen MR) is 130 cm³/mol. The van der Waals surface area contributed by atoms with E-state index in [1.807, 2.05) is 40.4 Å². The topological polar surface area (TPSA) is 89.0 Å². The van der Waals surface area contributed by atoms with E-state index in [0.717, 1.165) is 74.4 Å². The second-order valence-electron chi connectivity index (χ2n) is 9.43. The molecule has 7 nitrogen and oxygen atoms in total. The van der Waals surface area contributed by atoms with Crippen LogP contribution in [0, 0.1) is 17.2 Å². The van der Waals surface area contributed by atoms with E-state index in [9.17, 15) is 10.1 Å². The normalized spacial score (nSPS) is 19.0. The Morgan fingerprint density at radius 1 is 1.18 bits per heavy atom. The molecule has 0 saturated carbocycles. The minimum Gasteiger partial charge on any atom is -0.342 e. The zero-order chi connectivity index (χ0) is 22.9. The van der Waals surface area contributed by atoms with Gasteiger partial charge in [0.2, 0.25) is 5.91 Å². The highest BCUT2D eigenvalue weighted by Gasteiger charge is 2.35. The molecule has 2 aromatic carbocycles. The van der Waals surface area contributed by atoms with E-state index >= 15 is 0 Å². The molecule has 0 aromatic heterocycles. The smallest absolute Gasteiger partial charge is 0.228 e. The molecule has 0 bridgehead atoms. The molecule has 3 aliphatic rings. The van der Waals surface area contributed by atoms with Crippen LogP contribution in [0.15, 0.2) is 41.4 Å². The molecule has 2 fully saturated rings. The standard InChI is InChI=1S/C26H30N6O/c1-30-16-22(17-30)26(33)31-9-6-23(7-10-31)32(28)25-13-21(12-20-5-8-29-15-24(20)25)19-4-2-3-18(11-19)14-27/h2-4,11-13,15,22-23H,5-10,16-17,28H2,1H3. The van der Waals surface area contributed by atoms with Gasteiger partial charge in [-0.1, -0.05) is 18.2 Å². The first kappa shape index (κ1) is 21.6. The largest absolute Gasteiger partial charge is 0.342 e. The van der Waals surface area contributed by atoms with Crippen molar-refractivity contribution in [3.8, 4) is 17.2 Å². The molecule has 0 unspecified atom stereocenters. The zero-order valence-corrected chi connectivity index (χ0v) is 19.1. The summed E-state index contributed by atoms with van der Waals surface area (Å²) in [6, 6.07) is 14.4. The lowest BCUT2D eigenvalue weighted by Gasteiger charge is -2.42. The van der Waals surface area contributed by atoms with E-state index in [1.165, 1.54) is 5.56 Å². The van der Waals surface area contributed by atoms with Gasteiger partial charge in [0, 0.05) is 50.5 Å². The van der Waals surface area contributed by atoms with Crippen LogP contribution in [0.2, 0.25) is 0 Å². The van der Waals surface area contributed by atoms with E-state index in [0.29, 0.717) is 11.5 Å². The summed E-state index contributed by atoms with van der Waals surface area (Å²) in [6.45, 7) is 4.00. The fraction of sp³-hybridized carbons (Fsp3) is 0.423. The number of hydrogen-bond donors (Lipinski definition) is 1. The summed E-state index contributed by atoms with van der Waals surface area (Å²) in [4.78, 5) is 21.4. The van der Waals surface area contributed by atoms with Crippen molar-refractivity contribution in [2.75, 3.05) is 44.8 Å². The van der Waals surface area contributed by atoms with Crippen molar-refractivity contribution in [3.05, 3.63) is 53.1 Å². The van der Waals surface area contributed by atoms with Gasteiger partial charge in [0.1, 0.15) is 0 Å². The van der Waals surface area contributed by atoms with Crippen LogP contribution >= 0.6 is 0 Å². The average Bonchev–Trinajstić information content (AvgIpc) is 2.85. The summed E-state index contributed by atoms with van der Waals surface area (Å²) in [6.07, 6.45) is 4.52. The van der Waals surface area contributed by atoms with Gasteiger partial charge in [-0.15, -0.1) is 0 Å². The summed E-state index contributed by atoms with van der Waals surface area (Å²) >= 11 is 0. The number of carbonyl (C=O) groups excluding carboxylic acids is 1. The van der Waals surface area contributed by atoms with Gasteiger partial charge < -0.3 is 14.8 Å². The van der Waals surface area contributed by atoms with E-state index in [2.05, 4.69) is 35.1 Å². The van der Waals surface area contributed by atoms with E-state index in [-0.39, 0.29) is 12.0 Å². The quantitative estimate of drug-likeness (QED) is 0.580. The van der Waals surface area contributed by atoms with Crippen LogP contribution in [-0.2, 0) is 11.2 Å². The second kappa shape index (κ2) is 8.97. The van der Waals surface area contributed by atoms with Crippen LogP contribution in [-0.4, -0.2) is 67.7 Å². The number of hydrogen-bond acceptors (Lipinski definition) is 6. The maximum absolute atomic E-state index is 12.7. The highest BCUT2D eigenvalue weighted by molar-refractivity contribution is 5.93. The van der Waals surface area contributed by atoms with Gasteiger partial charge in [-0.05, 0) is 61.2 Å². The highest BCUT2D eigenvalue weighted by atomic mass is 16.2. The number of aliphatic imine (C=N–C) groups is 1. The van der Waals surface area contributed by atoms with Gasteiger partial charge in [-0.3, -0.25) is 9.79 Å². The third kappa shape index (κ3) is 4.24.